The van der Waals surface area contributed by atoms with Crippen molar-refractivity contribution in [2.75, 3.05) is 19.2 Å². The lowest BCUT2D eigenvalue weighted by atomic mass is 10.1. The van der Waals surface area contributed by atoms with Gasteiger partial charge in [-0.2, -0.15) is 0 Å². The molecule has 3 rings (SSSR count). The first-order valence-corrected chi connectivity index (χ1v) is 6.57. The van der Waals surface area contributed by atoms with Gasteiger partial charge in [0.2, 0.25) is 6.79 Å². The van der Waals surface area contributed by atoms with Crippen LogP contribution in [0, 0.1) is 0 Å². The second-order valence-electron chi connectivity index (χ2n) is 4.59. The van der Waals surface area contributed by atoms with Gasteiger partial charge in [0.05, 0.1) is 12.7 Å². The van der Waals surface area contributed by atoms with Crippen LogP contribution in [0.3, 0.4) is 0 Å². The van der Waals surface area contributed by atoms with Crippen LogP contribution in [0.1, 0.15) is 20.7 Å². The molecule has 0 bridgehead atoms. The molecule has 112 valence electrons. The summed E-state index contributed by atoms with van der Waals surface area (Å²) in [6.07, 6.45) is 0. The summed E-state index contributed by atoms with van der Waals surface area (Å²) in [6, 6.07) is 11.4. The van der Waals surface area contributed by atoms with E-state index in [-0.39, 0.29) is 12.7 Å². The lowest BCUT2D eigenvalue weighted by Gasteiger charge is -2.07. The largest absolute Gasteiger partial charge is 0.465 e. The number of fused-ring (bicyclic) bond motifs is 1. The van der Waals surface area contributed by atoms with E-state index in [1.807, 2.05) is 0 Å². The SMILES string of the molecule is COC(=O)c1cccc(C(=O)Nc2ccc3c(c2)OCO3)c1. The summed E-state index contributed by atoms with van der Waals surface area (Å²) >= 11 is 0. The molecule has 1 aliphatic heterocycles. The molecule has 6 nitrogen and oxygen atoms in total. The number of ether oxygens (including phenoxy) is 3. The van der Waals surface area contributed by atoms with Gasteiger partial charge in [-0.15, -0.1) is 0 Å². The molecule has 0 unspecified atom stereocenters. The summed E-state index contributed by atoms with van der Waals surface area (Å²) < 4.78 is 15.1. The van der Waals surface area contributed by atoms with Crippen LogP contribution < -0.4 is 14.8 Å². The zero-order valence-electron chi connectivity index (χ0n) is 11.8. The van der Waals surface area contributed by atoms with Gasteiger partial charge < -0.3 is 19.5 Å². The molecule has 0 aliphatic carbocycles. The fourth-order valence-electron chi connectivity index (χ4n) is 2.08. The first kappa shape index (κ1) is 13.9. The molecule has 1 N–H and O–H groups in total. The van der Waals surface area contributed by atoms with E-state index in [2.05, 4.69) is 10.1 Å². The standard InChI is InChI=1S/C16H13NO5/c1-20-16(19)11-4-2-3-10(7-11)15(18)17-12-5-6-13-14(8-12)22-9-21-13/h2-8H,9H2,1H3,(H,17,18). The molecular weight excluding hydrogens is 286 g/mol. The van der Waals surface area contributed by atoms with Gasteiger partial charge in [-0.1, -0.05) is 6.07 Å². The molecule has 0 fully saturated rings. The molecule has 0 spiro atoms. The summed E-state index contributed by atoms with van der Waals surface area (Å²) in [6.45, 7) is 0.175. The Bertz CT molecular complexity index is 741. The van der Waals surface area contributed by atoms with Gasteiger partial charge in [0, 0.05) is 17.3 Å². The van der Waals surface area contributed by atoms with Crippen molar-refractivity contribution in [1.29, 1.82) is 0 Å². The fraction of sp³-hybridized carbons (Fsp3) is 0.125. The van der Waals surface area contributed by atoms with E-state index in [1.165, 1.54) is 13.2 Å². The van der Waals surface area contributed by atoms with Crippen LogP contribution in [-0.2, 0) is 4.74 Å². The highest BCUT2D eigenvalue weighted by Crippen LogP contribution is 2.34. The molecule has 1 heterocycles. The Labute approximate surface area is 126 Å². The number of hydrogen-bond acceptors (Lipinski definition) is 5. The minimum Gasteiger partial charge on any atom is -0.465 e. The van der Waals surface area contributed by atoms with Crippen LogP contribution >= 0.6 is 0 Å². The smallest absolute Gasteiger partial charge is 0.337 e. The Hall–Kier alpha value is -3.02. The van der Waals surface area contributed by atoms with Crippen LogP contribution in [0.25, 0.3) is 0 Å². The Morgan fingerprint density at radius 2 is 1.82 bits per heavy atom. The normalized spacial score (nSPS) is 11.9. The van der Waals surface area contributed by atoms with E-state index < -0.39 is 5.97 Å². The van der Waals surface area contributed by atoms with Crippen molar-refractivity contribution in [1.82, 2.24) is 0 Å². The Kier molecular flexibility index (Phi) is 3.65. The highest BCUT2D eigenvalue weighted by molar-refractivity contribution is 6.05. The van der Waals surface area contributed by atoms with Crippen molar-refractivity contribution < 1.29 is 23.8 Å². The van der Waals surface area contributed by atoms with E-state index in [9.17, 15) is 9.59 Å². The highest BCUT2D eigenvalue weighted by Gasteiger charge is 2.15. The highest BCUT2D eigenvalue weighted by atomic mass is 16.7. The summed E-state index contributed by atoms with van der Waals surface area (Å²) in [5.41, 5.74) is 1.26. The Morgan fingerprint density at radius 3 is 2.64 bits per heavy atom. The average molecular weight is 299 g/mol. The molecule has 6 heteroatoms. The third-order valence-corrected chi connectivity index (χ3v) is 3.18. The second-order valence-corrected chi connectivity index (χ2v) is 4.59. The lowest BCUT2D eigenvalue weighted by molar-refractivity contribution is 0.0600. The van der Waals surface area contributed by atoms with Crippen molar-refractivity contribution in [2.24, 2.45) is 0 Å². The van der Waals surface area contributed by atoms with Gasteiger partial charge in [0.1, 0.15) is 0 Å². The van der Waals surface area contributed by atoms with E-state index in [0.29, 0.717) is 28.3 Å². The van der Waals surface area contributed by atoms with Crippen molar-refractivity contribution in [3.63, 3.8) is 0 Å². The summed E-state index contributed by atoms with van der Waals surface area (Å²) in [5.74, 6) is 0.411. The summed E-state index contributed by atoms with van der Waals surface area (Å²) in [7, 11) is 1.29. The number of carbonyl (C=O) groups excluding carboxylic acids is 2. The quantitative estimate of drug-likeness (QED) is 0.881. The van der Waals surface area contributed by atoms with Crippen LogP contribution in [0.5, 0.6) is 11.5 Å². The number of carbonyl (C=O) groups is 2. The van der Waals surface area contributed by atoms with E-state index in [1.54, 1.807) is 36.4 Å². The molecular formula is C16H13NO5. The van der Waals surface area contributed by atoms with E-state index in [0.717, 1.165) is 0 Å². The van der Waals surface area contributed by atoms with Crippen molar-refractivity contribution in [3.05, 3.63) is 53.6 Å². The maximum Gasteiger partial charge on any atom is 0.337 e. The molecule has 0 saturated carbocycles. The third-order valence-electron chi connectivity index (χ3n) is 3.18. The van der Waals surface area contributed by atoms with Gasteiger partial charge in [0.15, 0.2) is 11.5 Å². The molecule has 1 aliphatic rings. The maximum atomic E-state index is 12.2. The topological polar surface area (TPSA) is 73.9 Å². The number of nitrogens with one attached hydrogen (secondary N) is 1. The number of rotatable bonds is 3. The Morgan fingerprint density at radius 1 is 1.05 bits per heavy atom. The number of amides is 1. The minimum absolute atomic E-state index is 0.175. The molecule has 2 aromatic carbocycles. The first-order valence-electron chi connectivity index (χ1n) is 6.57. The molecule has 0 radical (unpaired) electrons. The molecule has 0 saturated heterocycles. The van der Waals surface area contributed by atoms with Gasteiger partial charge >= 0.3 is 5.97 Å². The van der Waals surface area contributed by atoms with E-state index >= 15 is 0 Å². The number of esters is 1. The zero-order valence-corrected chi connectivity index (χ0v) is 11.8. The number of benzene rings is 2. The monoisotopic (exact) mass is 299 g/mol. The van der Waals surface area contributed by atoms with Crippen molar-refractivity contribution in [2.45, 2.75) is 0 Å². The van der Waals surface area contributed by atoms with Gasteiger partial charge in [0.25, 0.3) is 5.91 Å². The minimum atomic E-state index is -0.488. The van der Waals surface area contributed by atoms with Gasteiger partial charge in [-0.25, -0.2) is 4.79 Å². The summed E-state index contributed by atoms with van der Waals surface area (Å²) in [5, 5.41) is 2.75. The molecule has 1 amide bonds. The van der Waals surface area contributed by atoms with Gasteiger partial charge in [-0.05, 0) is 30.3 Å². The third kappa shape index (κ3) is 2.71. The average Bonchev–Trinajstić information content (AvgIpc) is 3.02. The molecule has 0 atom stereocenters. The van der Waals surface area contributed by atoms with Crippen LogP contribution in [0.15, 0.2) is 42.5 Å². The Balaban J connectivity index is 1.78. The van der Waals surface area contributed by atoms with Crippen LogP contribution in [0.2, 0.25) is 0 Å². The van der Waals surface area contributed by atoms with E-state index in [4.69, 9.17) is 9.47 Å². The lowest BCUT2D eigenvalue weighted by Crippen LogP contribution is -2.13. The predicted octanol–water partition coefficient (Wildman–Crippen LogP) is 2.45. The number of hydrogen-bond donors (Lipinski definition) is 1. The predicted molar refractivity (Wildman–Crippen MR) is 78.3 cm³/mol. The van der Waals surface area contributed by atoms with Crippen molar-refractivity contribution >= 4 is 17.6 Å². The van der Waals surface area contributed by atoms with Crippen molar-refractivity contribution in [3.8, 4) is 11.5 Å². The molecule has 0 aromatic heterocycles. The van der Waals surface area contributed by atoms with Crippen LogP contribution in [0.4, 0.5) is 5.69 Å². The molecule has 2 aromatic rings. The van der Waals surface area contributed by atoms with Gasteiger partial charge in [-0.3, -0.25) is 4.79 Å². The first-order chi connectivity index (χ1) is 10.7. The molecule has 22 heavy (non-hydrogen) atoms. The fourth-order valence-corrected chi connectivity index (χ4v) is 2.08. The number of methoxy groups -OCH3 is 1. The maximum absolute atomic E-state index is 12.2. The van der Waals surface area contributed by atoms with Crippen LogP contribution in [-0.4, -0.2) is 25.8 Å². The summed E-state index contributed by atoms with van der Waals surface area (Å²) in [4.78, 5) is 23.7. The second kappa shape index (κ2) is 5.77. The zero-order chi connectivity index (χ0) is 15.5. The number of anilines is 1.